The number of aryl methyl sites for hydroxylation is 1. The Balaban J connectivity index is 2.01. The number of nitrogens with zero attached hydrogens (tertiary/aromatic N) is 3. The minimum Gasteiger partial charge on any atom is -0.348 e. The third kappa shape index (κ3) is 1.54. The minimum absolute atomic E-state index is 0.0897. The maximum absolute atomic E-state index is 11.9. The average Bonchev–Trinajstić information content (AvgIpc) is 2.96. The Morgan fingerprint density at radius 1 is 1.50 bits per heavy atom. The molecule has 1 saturated carbocycles. The largest absolute Gasteiger partial charge is 0.348 e. The molecule has 1 aliphatic carbocycles. The van der Waals surface area contributed by atoms with E-state index in [2.05, 4.69) is 15.4 Å². The van der Waals surface area contributed by atoms with Crippen molar-refractivity contribution >= 4 is 11.6 Å². The molecule has 2 aromatic heterocycles. The molecule has 5 nitrogen and oxygen atoms in total. The van der Waals surface area contributed by atoms with Crippen molar-refractivity contribution in [3.63, 3.8) is 0 Å². The van der Waals surface area contributed by atoms with Crippen molar-refractivity contribution in [2.45, 2.75) is 25.8 Å². The van der Waals surface area contributed by atoms with Gasteiger partial charge in [-0.25, -0.2) is 9.50 Å². The van der Waals surface area contributed by atoms with E-state index in [-0.39, 0.29) is 5.91 Å². The zero-order valence-corrected chi connectivity index (χ0v) is 8.97. The van der Waals surface area contributed by atoms with Gasteiger partial charge in [-0.15, -0.1) is 0 Å². The number of nitrogens with one attached hydrogen (secondary N) is 1. The van der Waals surface area contributed by atoms with Gasteiger partial charge in [0.2, 0.25) is 0 Å². The number of hydrogen-bond acceptors (Lipinski definition) is 3. The van der Waals surface area contributed by atoms with Gasteiger partial charge in [-0.05, 0) is 31.9 Å². The van der Waals surface area contributed by atoms with Crippen molar-refractivity contribution in [3.8, 4) is 0 Å². The summed E-state index contributed by atoms with van der Waals surface area (Å²) < 4.78 is 1.59. The molecular weight excluding hydrogens is 204 g/mol. The first-order valence-electron chi connectivity index (χ1n) is 5.36. The molecule has 1 fully saturated rings. The summed E-state index contributed by atoms with van der Waals surface area (Å²) in [4.78, 5) is 16.0. The Kier molecular flexibility index (Phi) is 1.92. The summed E-state index contributed by atoms with van der Waals surface area (Å²) in [6.07, 6.45) is 3.73. The van der Waals surface area contributed by atoms with Crippen LogP contribution in [0.3, 0.4) is 0 Å². The summed E-state index contributed by atoms with van der Waals surface area (Å²) >= 11 is 0. The smallest absolute Gasteiger partial charge is 0.271 e. The molecule has 0 saturated heterocycles. The Hall–Kier alpha value is -1.91. The van der Waals surface area contributed by atoms with Gasteiger partial charge >= 0.3 is 0 Å². The number of hydrogen-bond donors (Lipinski definition) is 1. The van der Waals surface area contributed by atoms with Gasteiger partial charge in [0.15, 0.2) is 5.65 Å². The van der Waals surface area contributed by atoms with Crippen molar-refractivity contribution in [1.82, 2.24) is 19.9 Å². The summed E-state index contributed by atoms with van der Waals surface area (Å²) in [6, 6.07) is 4.09. The molecule has 5 heteroatoms. The van der Waals surface area contributed by atoms with E-state index < -0.39 is 0 Å². The van der Waals surface area contributed by atoms with Gasteiger partial charge in [0.05, 0.1) is 11.9 Å². The first kappa shape index (κ1) is 9.33. The highest BCUT2D eigenvalue weighted by Crippen LogP contribution is 2.19. The number of aromatic nitrogens is 3. The molecule has 0 atom stereocenters. The SMILES string of the molecule is Cc1ccc2ncc(C(=O)NC3CC3)n2n1. The fourth-order valence-electron chi connectivity index (χ4n) is 1.61. The third-order valence-corrected chi connectivity index (χ3v) is 2.64. The van der Waals surface area contributed by atoms with Crippen molar-refractivity contribution in [2.75, 3.05) is 0 Å². The van der Waals surface area contributed by atoms with Crippen LogP contribution in [-0.4, -0.2) is 26.5 Å². The maximum atomic E-state index is 11.9. The molecule has 82 valence electrons. The van der Waals surface area contributed by atoms with Gasteiger partial charge in [-0.2, -0.15) is 5.10 Å². The van der Waals surface area contributed by atoms with Crippen LogP contribution in [0.2, 0.25) is 0 Å². The van der Waals surface area contributed by atoms with E-state index in [9.17, 15) is 4.79 Å². The molecule has 3 rings (SSSR count). The van der Waals surface area contributed by atoms with Crippen LogP contribution in [0.1, 0.15) is 29.0 Å². The Morgan fingerprint density at radius 2 is 2.31 bits per heavy atom. The van der Waals surface area contributed by atoms with Gasteiger partial charge in [-0.3, -0.25) is 4.79 Å². The lowest BCUT2D eigenvalue weighted by atomic mass is 10.4. The zero-order valence-electron chi connectivity index (χ0n) is 8.97. The monoisotopic (exact) mass is 216 g/mol. The van der Waals surface area contributed by atoms with Gasteiger partial charge < -0.3 is 5.32 Å². The van der Waals surface area contributed by atoms with E-state index in [1.807, 2.05) is 19.1 Å². The van der Waals surface area contributed by atoms with Crippen LogP contribution in [0.5, 0.6) is 0 Å². The molecule has 0 radical (unpaired) electrons. The van der Waals surface area contributed by atoms with Crippen LogP contribution in [0.4, 0.5) is 0 Å². The lowest BCUT2D eigenvalue weighted by molar-refractivity contribution is 0.0944. The second-order valence-corrected chi connectivity index (χ2v) is 4.14. The molecule has 0 unspecified atom stereocenters. The molecule has 0 aliphatic heterocycles. The van der Waals surface area contributed by atoms with Crippen LogP contribution < -0.4 is 5.32 Å². The van der Waals surface area contributed by atoms with Crippen molar-refractivity contribution in [1.29, 1.82) is 0 Å². The average molecular weight is 216 g/mol. The summed E-state index contributed by atoms with van der Waals surface area (Å²) in [7, 11) is 0. The van der Waals surface area contributed by atoms with Crippen molar-refractivity contribution in [2.24, 2.45) is 0 Å². The molecule has 0 aromatic carbocycles. The van der Waals surface area contributed by atoms with Crippen molar-refractivity contribution < 1.29 is 4.79 Å². The normalized spacial score (nSPS) is 15.3. The van der Waals surface area contributed by atoms with Crippen LogP contribution in [0.25, 0.3) is 5.65 Å². The predicted molar refractivity (Wildman–Crippen MR) is 58.2 cm³/mol. The van der Waals surface area contributed by atoms with Gasteiger partial charge in [0.1, 0.15) is 5.69 Å². The van der Waals surface area contributed by atoms with Gasteiger partial charge in [0, 0.05) is 6.04 Å². The van der Waals surface area contributed by atoms with Crippen LogP contribution in [0, 0.1) is 6.92 Å². The molecule has 0 spiro atoms. The first-order valence-corrected chi connectivity index (χ1v) is 5.36. The van der Waals surface area contributed by atoms with Gasteiger partial charge in [0.25, 0.3) is 5.91 Å². The summed E-state index contributed by atoms with van der Waals surface area (Å²) in [5.74, 6) is -0.0897. The third-order valence-electron chi connectivity index (χ3n) is 2.64. The van der Waals surface area contributed by atoms with E-state index in [4.69, 9.17) is 0 Å². The molecular formula is C11H12N4O. The second-order valence-electron chi connectivity index (χ2n) is 4.14. The molecule has 1 amide bonds. The number of carbonyl (C=O) groups is 1. The van der Waals surface area contributed by atoms with E-state index in [1.54, 1.807) is 10.7 Å². The lowest BCUT2D eigenvalue weighted by Crippen LogP contribution is -2.27. The Labute approximate surface area is 92.5 Å². The lowest BCUT2D eigenvalue weighted by Gasteiger charge is -2.02. The zero-order chi connectivity index (χ0) is 11.1. The second kappa shape index (κ2) is 3.30. The van der Waals surface area contributed by atoms with Crippen LogP contribution in [0.15, 0.2) is 18.3 Å². The Bertz CT molecular complexity index is 556. The minimum atomic E-state index is -0.0897. The number of rotatable bonds is 2. The van der Waals surface area contributed by atoms with Crippen LogP contribution in [-0.2, 0) is 0 Å². The topological polar surface area (TPSA) is 59.3 Å². The highest BCUT2D eigenvalue weighted by molar-refractivity contribution is 5.93. The van der Waals surface area contributed by atoms with E-state index >= 15 is 0 Å². The number of imidazole rings is 1. The van der Waals surface area contributed by atoms with Crippen molar-refractivity contribution in [3.05, 3.63) is 29.7 Å². The summed E-state index contributed by atoms with van der Waals surface area (Å²) in [5, 5.41) is 7.21. The highest BCUT2D eigenvalue weighted by Gasteiger charge is 2.25. The van der Waals surface area contributed by atoms with E-state index in [1.165, 1.54) is 0 Å². The Morgan fingerprint density at radius 3 is 3.06 bits per heavy atom. The van der Waals surface area contributed by atoms with Crippen LogP contribution >= 0.6 is 0 Å². The highest BCUT2D eigenvalue weighted by atomic mass is 16.2. The molecule has 2 aromatic rings. The molecule has 2 heterocycles. The standard InChI is InChI=1S/C11H12N4O/c1-7-2-5-10-12-6-9(15(10)14-7)11(16)13-8-3-4-8/h2,5-6,8H,3-4H2,1H3,(H,13,16). The number of amides is 1. The molecule has 1 N–H and O–H groups in total. The molecule has 0 bridgehead atoms. The number of fused-ring (bicyclic) bond motifs is 1. The number of carbonyl (C=O) groups excluding carboxylic acids is 1. The van der Waals surface area contributed by atoms with Gasteiger partial charge in [-0.1, -0.05) is 0 Å². The fraction of sp³-hybridized carbons (Fsp3) is 0.364. The molecule has 1 aliphatic rings. The molecule has 16 heavy (non-hydrogen) atoms. The summed E-state index contributed by atoms with van der Waals surface area (Å²) in [5.41, 5.74) is 2.07. The summed E-state index contributed by atoms with van der Waals surface area (Å²) in [6.45, 7) is 1.89. The fourth-order valence-corrected chi connectivity index (χ4v) is 1.61. The first-order chi connectivity index (χ1) is 7.74. The van der Waals surface area contributed by atoms with E-state index in [0.717, 1.165) is 18.5 Å². The maximum Gasteiger partial charge on any atom is 0.271 e. The predicted octanol–water partition coefficient (Wildman–Crippen LogP) is 0.930. The quantitative estimate of drug-likeness (QED) is 0.812. The van der Waals surface area contributed by atoms with E-state index in [0.29, 0.717) is 17.4 Å².